The Hall–Kier alpha value is -3.81. The van der Waals surface area contributed by atoms with Gasteiger partial charge in [-0.1, -0.05) is 12.8 Å². The molecular weight excluding hydrogens is 539 g/mol. The van der Waals surface area contributed by atoms with E-state index in [1.54, 1.807) is 0 Å². The van der Waals surface area contributed by atoms with Crippen molar-refractivity contribution in [1.29, 1.82) is 0 Å². The predicted octanol–water partition coefficient (Wildman–Crippen LogP) is 0.951. The summed E-state index contributed by atoms with van der Waals surface area (Å²) >= 11 is 0. The van der Waals surface area contributed by atoms with Crippen LogP contribution in [0.4, 0.5) is 10.1 Å². The summed E-state index contributed by atoms with van der Waals surface area (Å²) in [5.41, 5.74) is 5.78. The fourth-order valence-electron chi connectivity index (χ4n) is 6.36. The molecule has 0 spiro atoms. The first kappa shape index (κ1) is 30.2. The van der Waals surface area contributed by atoms with E-state index in [0.717, 1.165) is 25.3 Å². The van der Waals surface area contributed by atoms with E-state index in [1.165, 1.54) is 19.0 Å². The minimum absolute atomic E-state index is 0.102. The Morgan fingerprint density at radius 3 is 2.41 bits per heavy atom. The van der Waals surface area contributed by atoms with Crippen LogP contribution >= 0.6 is 0 Å². The molecule has 3 aliphatic carbocycles. The van der Waals surface area contributed by atoms with Gasteiger partial charge >= 0.3 is 0 Å². The molecule has 13 heteroatoms. The normalized spacial score (nSPS) is 25.7. The van der Waals surface area contributed by atoms with Crippen molar-refractivity contribution < 1.29 is 44.0 Å². The smallest absolute Gasteiger partial charge is 0.255 e. The van der Waals surface area contributed by atoms with E-state index < -0.39 is 86.7 Å². The first-order chi connectivity index (χ1) is 19.3. The number of aliphatic hydroxyl groups is 3. The molecule has 3 aliphatic rings. The van der Waals surface area contributed by atoms with Crippen LogP contribution in [0, 0.1) is 17.7 Å². The molecule has 4 rings (SSSR count). The van der Waals surface area contributed by atoms with Crippen LogP contribution in [0.2, 0.25) is 0 Å². The summed E-state index contributed by atoms with van der Waals surface area (Å²) in [7, 11) is 2.97. The summed E-state index contributed by atoms with van der Waals surface area (Å²) in [6.45, 7) is 0.547. The molecule has 12 nitrogen and oxygen atoms in total. The van der Waals surface area contributed by atoms with Crippen molar-refractivity contribution in [2.24, 2.45) is 23.3 Å². The van der Waals surface area contributed by atoms with Crippen LogP contribution < -0.4 is 16.8 Å². The Bertz CT molecular complexity index is 1390. The number of anilines is 1. The number of hydrogen-bond acceptors (Lipinski definition) is 10. The number of halogens is 1. The number of amides is 2. The Balaban J connectivity index is 1.76. The number of benzene rings is 1. The third-order valence-electron chi connectivity index (χ3n) is 8.30. The molecule has 0 radical (unpaired) electrons. The van der Waals surface area contributed by atoms with Crippen LogP contribution in [0.15, 0.2) is 23.0 Å². The van der Waals surface area contributed by atoms with Crippen molar-refractivity contribution in [3.63, 3.8) is 0 Å². The fourth-order valence-corrected chi connectivity index (χ4v) is 6.36. The van der Waals surface area contributed by atoms with Gasteiger partial charge in [0, 0.05) is 29.5 Å². The van der Waals surface area contributed by atoms with Crippen LogP contribution in [0.3, 0.4) is 0 Å². The average Bonchev–Trinajstić information content (AvgIpc) is 2.88. The molecule has 0 saturated heterocycles. The molecular formula is C28H35FN4O8. The number of aliphatic hydroxyl groups excluding tert-OH is 2. The van der Waals surface area contributed by atoms with Gasteiger partial charge in [-0.05, 0) is 52.2 Å². The molecule has 222 valence electrons. The number of primary amides is 1. The first-order valence-corrected chi connectivity index (χ1v) is 13.5. The number of nitrogens with zero attached hydrogens (tertiary/aromatic N) is 1. The van der Waals surface area contributed by atoms with E-state index in [2.05, 4.69) is 5.32 Å². The Morgan fingerprint density at radius 2 is 1.80 bits per heavy atom. The highest BCUT2D eigenvalue weighted by atomic mass is 19.1. The van der Waals surface area contributed by atoms with Gasteiger partial charge < -0.3 is 37.2 Å². The number of nitrogens with two attached hydrogens (primary N) is 2. The number of rotatable bonds is 9. The summed E-state index contributed by atoms with van der Waals surface area (Å²) in [6.07, 6.45) is 2.73. The number of carbonyl (C=O) groups is 4. The second-order valence-corrected chi connectivity index (χ2v) is 11.1. The minimum atomic E-state index is -2.80. The maximum atomic E-state index is 15.4. The van der Waals surface area contributed by atoms with E-state index in [1.807, 2.05) is 0 Å². The summed E-state index contributed by atoms with van der Waals surface area (Å²) in [4.78, 5) is 52.8. The second kappa shape index (κ2) is 11.2. The number of phenolic OH excluding ortho intramolecular Hbond substituents is 1. The van der Waals surface area contributed by atoms with Crippen LogP contribution in [0.25, 0.3) is 5.76 Å². The van der Waals surface area contributed by atoms with Gasteiger partial charge in [-0.3, -0.25) is 24.1 Å². The van der Waals surface area contributed by atoms with Crippen molar-refractivity contribution in [2.75, 3.05) is 26.0 Å². The molecule has 1 aromatic rings. The molecule has 0 bridgehead atoms. The van der Waals surface area contributed by atoms with E-state index in [4.69, 9.17) is 11.5 Å². The molecule has 2 amide bonds. The molecule has 1 aromatic carbocycles. The molecule has 9 N–H and O–H groups in total. The zero-order valence-corrected chi connectivity index (χ0v) is 22.9. The van der Waals surface area contributed by atoms with Crippen LogP contribution in [0.1, 0.15) is 49.7 Å². The molecule has 41 heavy (non-hydrogen) atoms. The predicted molar refractivity (Wildman–Crippen MR) is 145 cm³/mol. The Kier molecular flexibility index (Phi) is 8.25. The van der Waals surface area contributed by atoms with Gasteiger partial charge in [-0.2, -0.15) is 0 Å². The van der Waals surface area contributed by atoms with E-state index in [0.29, 0.717) is 13.0 Å². The van der Waals surface area contributed by atoms with Gasteiger partial charge in [-0.15, -0.1) is 0 Å². The van der Waals surface area contributed by atoms with Gasteiger partial charge in [-0.25, -0.2) is 4.39 Å². The van der Waals surface area contributed by atoms with Crippen molar-refractivity contribution in [3.05, 3.63) is 39.9 Å². The second-order valence-electron chi connectivity index (χ2n) is 11.1. The monoisotopic (exact) mass is 574 g/mol. The quantitative estimate of drug-likeness (QED) is 0.126. The average molecular weight is 575 g/mol. The summed E-state index contributed by atoms with van der Waals surface area (Å²) < 4.78 is 15.4. The molecule has 1 fully saturated rings. The van der Waals surface area contributed by atoms with Gasteiger partial charge in [0.25, 0.3) is 5.91 Å². The molecule has 0 unspecified atom stereocenters. The zero-order valence-electron chi connectivity index (χ0n) is 22.9. The highest BCUT2D eigenvalue weighted by molar-refractivity contribution is 6.24. The topological polar surface area (TPSA) is 217 Å². The largest absolute Gasteiger partial charge is 0.508 e. The number of fused-ring (bicyclic) bond motifs is 3. The number of nitrogens with one attached hydrogen (secondary N) is 1. The number of Topliss-reactive ketones (excluding diaryl/α,β-unsaturated/α-hetero) is 2. The number of phenols is 1. The molecule has 4 atom stereocenters. The van der Waals surface area contributed by atoms with Crippen LogP contribution in [-0.2, 0) is 25.6 Å². The maximum absolute atomic E-state index is 15.4. The highest BCUT2D eigenvalue weighted by Gasteiger charge is 2.64. The lowest BCUT2D eigenvalue weighted by Crippen LogP contribution is -2.65. The lowest BCUT2D eigenvalue weighted by atomic mass is 9.57. The SMILES string of the molecule is CN(C)[C@@H]1C(=O)C(C(N)=O)=C(O)[C@@]2(O)C(=O)C3=C(O)c4c(O)c(NC(=O)CCCCCCN)cc(F)c4C[C@H]3C[C@@H]12. The molecule has 0 heterocycles. The fraction of sp³-hybridized carbons (Fsp3) is 0.500. The van der Waals surface area contributed by atoms with E-state index in [-0.39, 0.29) is 30.5 Å². The van der Waals surface area contributed by atoms with Crippen molar-refractivity contribution in [2.45, 2.75) is 56.6 Å². The number of likely N-dealkylation sites (N-methyl/N-ethyl adjacent to an activating group) is 1. The highest BCUT2D eigenvalue weighted by Crippen LogP contribution is 2.53. The number of ketones is 2. The third-order valence-corrected chi connectivity index (χ3v) is 8.30. The van der Waals surface area contributed by atoms with Crippen molar-refractivity contribution in [3.8, 4) is 5.75 Å². The molecule has 0 aromatic heterocycles. The van der Waals surface area contributed by atoms with Gasteiger partial charge in [0.05, 0.1) is 17.3 Å². The summed E-state index contributed by atoms with van der Waals surface area (Å²) in [5, 5.41) is 47.1. The Labute approximate surface area is 235 Å². The number of unbranched alkanes of at least 4 members (excludes halogenated alkanes) is 3. The minimum Gasteiger partial charge on any atom is -0.508 e. The summed E-state index contributed by atoms with van der Waals surface area (Å²) in [5.74, 6) is -9.65. The molecule has 0 aliphatic heterocycles. The first-order valence-electron chi connectivity index (χ1n) is 13.5. The molecule has 1 saturated carbocycles. The van der Waals surface area contributed by atoms with Gasteiger partial charge in [0.1, 0.15) is 22.9 Å². The van der Waals surface area contributed by atoms with Gasteiger partial charge in [0.2, 0.25) is 11.7 Å². The van der Waals surface area contributed by atoms with Crippen molar-refractivity contribution in [1.82, 2.24) is 4.90 Å². The lowest BCUT2D eigenvalue weighted by molar-refractivity contribution is -0.153. The van der Waals surface area contributed by atoms with Gasteiger partial charge in [0.15, 0.2) is 17.1 Å². The zero-order chi connectivity index (χ0) is 30.4. The van der Waals surface area contributed by atoms with E-state index in [9.17, 15) is 39.6 Å². The maximum Gasteiger partial charge on any atom is 0.255 e. The van der Waals surface area contributed by atoms with Crippen LogP contribution in [-0.4, -0.2) is 81.0 Å². The van der Waals surface area contributed by atoms with Crippen molar-refractivity contribution >= 4 is 34.8 Å². The number of carbonyl (C=O) groups excluding carboxylic acids is 4. The van der Waals surface area contributed by atoms with Crippen LogP contribution in [0.5, 0.6) is 5.75 Å². The Morgan fingerprint density at radius 1 is 1.15 bits per heavy atom. The standard InChI is InChI=1S/C28H35FN4O8/c1-33(2)21-14-10-12-9-13-15(29)11-16(32-17(34)7-5-3-4-6-8-30)22(35)19(13)23(36)18(12)25(38)28(14,41)26(39)20(24(21)37)27(31)40/h11-12,14,21,35-36,39,41H,3-10,30H2,1-2H3,(H2,31,40)(H,32,34)/t12-,14-,21-,28-/m0/s1. The third kappa shape index (κ3) is 4.87. The number of hydrogen-bond donors (Lipinski definition) is 7. The van der Waals surface area contributed by atoms with E-state index >= 15 is 4.39 Å². The number of aromatic hydroxyl groups is 1. The lowest BCUT2D eigenvalue weighted by Gasteiger charge is -2.50. The summed E-state index contributed by atoms with van der Waals surface area (Å²) in [6, 6.07) is -0.307.